The van der Waals surface area contributed by atoms with Crippen molar-refractivity contribution in [1.82, 2.24) is 10.6 Å². The van der Waals surface area contributed by atoms with Gasteiger partial charge in [-0.25, -0.2) is 9.59 Å². The second-order valence-corrected chi connectivity index (χ2v) is 11.8. The molecule has 0 bridgehead atoms. The smallest absolute Gasteiger partial charge is 0.407 e. The summed E-state index contributed by atoms with van der Waals surface area (Å²) < 4.78 is 32.6. The van der Waals surface area contributed by atoms with E-state index in [1.807, 2.05) is 36.4 Å². The van der Waals surface area contributed by atoms with Crippen LogP contribution in [0.4, 0.5) is 4.79 Å². The summed E-state index contributed by atoms with van der Waals surface area (Å²) in [4.78, 5) is 41.0. The van der Waals surface area contributed by atoms with Crippen LogP contribution in [-0.2, 0) is 38.0 Å². The number of esters is 1. The fourth-order valence-electron chi connectivity index (χ4n) is 4.94. The number of ether oxygens (including phenoxy) is 6. The van der Waals surface area contributed by atoms with E-state index in [2.05, 4.69) is 32.8 Å². The number of nitrogens with zero attached hydrogens (tertiary/aromatic N) is 3. The van der Waals surface area contributed by atoms with Gasteiger partial charge < -0.3 is 39.1 Å². The molecule has 2 N–H and O–H groups in total. The van der Waals surface area contributed by atoms with Crippen LogP contribution in [-0.4, -0.2) is 102 Å². The number of carbonyl (C=O) groups excluding carboxylic acids is 3. The van der Waals surface area contributed by atoms with E-state index in [1.165, 1.54) is 0 Å². The van der Waals surface area contributed by atoms with Crippen LogP contribution in [0.15, 0.2) is 53.6 Å². The minimum absolute atomic E-state index is 0.0183. The summed E-state index contributed by atoms with van der Waals surface area (Å²) >= 11 is 0. The van der Waals surface area contributed by atoms with Crippen LogP contribution in [0.25, 0.3) is 21.6 Å². The van der Waals surface area contributed by atoms with E-state index in [0.717, 1.165) is 22.3 Å². The number of nitrogens with one attached hydrogen (secondary N) is 2. The zero-order chi connectivity index (χ0) is 34.6. The number of hydrogen-bond acceptors (Lipinski definition) is 10. The predicted octanol–water partition coefficient (Wildman–Crippen LogP) is 4.51. The number of amides is 2. The third-order valence-corrected chi connectivity index (χ3v) is 7.07. The van der Waals surface area contributed by atoms with Crippen LogP contribution >= 0.6 is 0 Å². The molecule has 2 aromatic rings. The molecule has 1 aliphatic carbocycles. The molecule has 0 heterocycles. The number of carbonyl (C=O) groups is 3. The molecule has 1 aliphatic rings. The van der Waals surface area contributed by atoms with Crippen LogP contribution in [0.1, 0.15) is 50.7 Å². The maximum atomic E-state index is 12.9. The lowest BCUT2D eigenvalue weighted by atomic mass is 9.98. The van der Waals surface area contributed by atoms with Crippen LogP contribution < -0.4 is 10.6 Å². The van der Waals surface area contributed by atoms with Gasteiger partial charge in [-0.15, -0.1) is 0 Å². The molecule has 3 rings (SSSR count). The molecule has 0 aliphatic heterocycles. The Balaban J connectivity index is 1.32. The maximum absolute atomic E-state index is 12.9. The molecule has 1 unspecified atom stereocenters. The average Bonchev–Trinajstić information content (AvgIpc) is 3.38. The summed E-state index contributed by atoms with van der Waals surface area (Å²) in [7, 11) is 0. The van der Waals surface area contributed by atoms with Gasteiger partial charge in [-0.1, -0.05) is 53.6 Å². The molecule has 48 heavy (non-hydrogen) atoms. The maximum Gasteiger partial charge on any atom is 0.407 e. The number of fused-ring (bicyclic) bond motifs is 3. The molecule has 2 aromatic carbocycles. The monoisotopic (exact) mass is 669 g/mol. The summed E-state index contributed by atoms with van der Waals surface area (Å²) in [6.07, 6.45) is -0.748. The summed E-state index contributed by atoms with van der Waals surface area (Å²) in [5.41, 5.74) is 11.8. The standard InChI is InChI=1S/C34H47N5O9/c1-34(2,3)48-32(41)30(38-33(42)47-24-29-27-10-6-4-8-25(27)26-9-5-7-11-28(26)29)12-13-31(40)36-14-16-43-18-20-45-22-23-46-21-19-44-17-15-37-39-35/h4-11,29-30H,12-24H2,1-3H3,(H,36,40)(H,38,42). The van der Waals surface area contributed by atoms with Gasteiger partial charge in [0.15, 0.2) is 0 Å². The van der Waals surface area contributed by atoms with Crippen LogP contribution in [0.5, 0.6) is 0 Å². The minimum Gasteiger partial charge on any atom is -0.458 e. The Morgan fingerprint density at radius 1 is 0.833 bits per heavy atom. The van der Waals surface area contributed by atoms with E-state index in [4.69, 9.17) is 34.0 Å². The molecule has 14 heteroatoms. The highest BCUT2D eigenvalue weighted by Crippen LogP contribution is 2.44. The van der Waals surface area contributed by atoms with E-state index in [-0.39, 0.29) is 44.4 Å². The van der Waals surface area contributed by atoms with E-state index in [0.29, 0.717) is 52.8 Å². The Morgan fingerprint density at radius 2 is 1.38 bits per heavy atom. The van der Waals surface area contributed by atoms with Crippen molar-refractivity contribution in [1.29, 1.82) is 0 Å². The van der Waals surface area contributed by atoms with Gasteiger partial charge in [0.2, 0.25) is 5.91 Å². The highest BCUT2D eigenvalue weighted by Gasteiger charge is 2.31. The molecule has 0 saturated heterocycles. The molecule has 262 valence electrons. The molecule has 0 saturated carbocycles. The Labute approximate surface area is 281 Å². The number of alkyl carbamates (subject to hydrolysis) is 1. The molecular formula is C34H47N5O9. The predicted molar refractivity (Wildman–Crippen MR) is 177 cm³/mol. The quantitative estimate of drug-likeness (QED) is 0.0600. The molecule has 0 radical (unpaired) electrons. The van der Waals surface area contributed by atoms with Gasteiger partial charge in [0.1, 0.15) is 18.2 Å². The van der Waals surface area contributed by atoms with E-state index in [9.17, 15) is 14.4 Å². The van der Waals surface area contributed by atoms with Gasteiger partial charge in [0, 0.05) is 30.3 Å². The number of hydrogen-bond donors (Lipinski definition) is 2. The molecule has 1 atom stereocenters. The Kier molecular flexibility index (Phi) is 16.7. The fourth-order valence-corrected chi connectivity index (χ4v) is 4.94. The Bertz CT molecular complexity index is 1320. The van der Waals surface area contributed by atoms with Gasteiger partial charge in [0.25, 0.3) is 0 Å². The van der Waals surface area contributed by atoms with Gasteiger partial charge in [0.05, 0.1) is 52.9 Å². The number of rotatable bonds is 22. The third-order valence-electron chi connectivity index (χ3n) is 7.07. The number of benzene rings is 2. The van der Waals surface area contributed by atoms with Crippen molar-refractivity contribution in [3.8, 4) is 11.1 Å². The fraction of sp³-hybridized carbons (Fsp3) is 0.559. The lowest BCUT2D eigenvalue weighted by molar-refractivity contribution is -0.157. The molecule has 0 fully saturated rings. The molecule has 14 nitrogen and oxygen atoms in total. The number of azide groups is 1. The van der Waals surface area contributed by atoms with Crippen LogP contribution in [0.2, 0.25) is 0 Å². The van der Waals surface area contributed by atoms with Gasteiger partial charge in [-0.05, 0) is 55.0 Å². The largest absolute Gasteiger partial charge is 0.458 e. The van der Waals surface area contributed by atoms with E-state index < -0.39 is 23.7 Å². The Morgan fingerprint density at radius 3 is 1.94 bits per heavy atom. The van der Waals surface area contributed by atoms with Gasteiger partial charge in [-0.3, -0.25) is 4.79 Å². The lowest BCUT2D eigenvalue weighted by Crippen LogP contribution is -2.45. The molecule has 2 amide bonds. The van der Waals surface area contributed by atoms with Gasteiger partial charge >= 0.3 is 12.1 Å². The first-order valence-corrected chi connectivity index (χ1v) is 16.1. The zero-order valence-corrected chi connectivity index (χ0v) is 28.0. The summed E-state index contributed by atoms with van der Waals surface area (Å²) in [6.45, 7) is 8.87. The van der Waals surface area contributed by atoms with Crippen molar-refractivity contribution in [2.75, 3.05) is 72.6 Å². The minimum atomic E-state index is -1.07. The molecular weight excluding hydrogens is 622 g/mol. The first-order valence-electron chi connectivity index (χ1n) is 16.1. The average molecular weight is 670 g/mol. The van der Waals surface area contributed by atoms with Gasteiger partial charge in [-0.2, -0.15) is 0 Å². The summed E-state index contributed by atoms with van der Waals surface area (Å²) in [5, 5.41) is 8.72. The normalized spacial score (nSPS) is 12.7. The van der Waals surface area contributed by atoms with Crippen molar-refractivity contribution in [3.63, 3.8) is 0 Å². The molecule has 0 spiro atoms. The highest BCUT2D eigenvalue weighted by atomic mass is 16.6. The zero-order valence-electron chi connectivity index (χ0n) is 28.0. The second-order valence-electron chi connectivity index (χ2n) is 11.8. The Hall–Kier alpha value is -4.20. The van der Waals surface area contributed by atoms with Crippen molar-refractivity contribution >= 4 is 18.0 Å². The van der Waals surface area contributed by atoms with Crippen LogP contribution in [0, 0.1) is 0 Å². The first kappa shape index (κ1) is 38.2. The van der Waals surface area contributed by atoms with E-state index in [1.54, 1.807) is 20.8 Å². The highest BCUT2D eigenvalue weighted by molar-refractivity contribution is 5.83. The lowest BCUT2D eigenvalue weighted by Gasteiger charge is -2.24. The SMILES string of the molecule is CC(C)(C)OC(=O)C(CCC(=O)NCCOCCOCCOCCOCCN=[N+]=[N-])NC(=O)OCC1c2ccccc2-c2ccccc21. The van der Waals surface area contributed by atoms with Crippen molar-refractivity contribution in [3.05, 3.63) is 70.1 Å². The second kappa shape index (κ2) is 20.9. The third kappa shape index (κ3) is 13.9. The van der Waals surface area contributed by atoms with Crippen LogP contribution in [0.3, 0.4) is 0 Å². The van der Waals surface area contributed by atoms with Crippen molar-refractivity contribution < 1.29 is 42.8 Å². The summed E-state index contributed by atoms with van der Waals surface area (Å²) in [5.74, 6) is -1.07. The van der Waals surface area contributed by atoms with E-state index >= 15 is 0 Å². The molecule has 0 aromatic heterocycles. The first-order chi connectivity index (χ1) is 23.2. The van der Waals surface area contributed by atoms with Crippen molar-refractivity contribution in [2.24, 2.45) is 5.11 Å². The topological polar surface area (TPSA) is 179 Å². The van der Waals surface area contributed by atoms with Crippen molar-refractivity contribution in [2.45, 2.75) is 51.2 Å². The summed E-state index contributed by atoms with van der Waals surface area (Å²) in [6, 6.07) is 15.0.